The quantitative estimate of drug-likeness (QED) is 0.828. The molecule has 0 aromatic carbocycles. The maximum Gasteiger partial charge on any atom is 0.321 e. The van der Waals surface area contributed by atoms with Gasteiger partial charge in [-0.1, -0.05) is 0 Å². The minimum Gasteiger partial charge on any atom is -0.369 e. The molecule has 3 amide bonds. The molecule has 20 heavy (non-hydrogen) atoms. The number of thioether (sulfide) groups is 1. The molecule has 2 rings (SSSR count). The molecule has 1 atom stereocenters. The van der Waals surface area contributed by atoms with Crippen molar-refractivity contribution in [3.8, 4) is 0 Å². The number of carbonyl (C=O) groups excluding carboxylic acids is 2. The Hall–Kier alpha value is -1.76. The molecule has 3 N–H and O–H groups in total. The summed E-state index contributed by atoms with van der Waals surface area (Å²) in [4.78, 5) is 30.1. The van der Waals surface area contributed by atoms with Gasteiger partial charge in [-0.05, 0) is 25.2 Å². The van der Waals surface area contributed by atoms with Crippen LogP contribution in [0, 0.1) is 5.92 Å². The molecule has 1 aromatic rings. The maximum absolute atomic E-state index is 12.2. The van der Waals surface area contributed by atoms with Crippen LogP contribution in [0.25, 0.3) is 0 Å². The van der Waals surface area contributed by atoms with Crippen molar-refractivity contribution in [3.05, 3.63) is 18.5 Å². The molecule has 1 saturated heterocycles. The lowest BCUT2D eigenvalue weighted by Gasteiger charge is -2.31. The lowest BCUT2D eigenvalue weighted by Crippen LogP contribution is -2.45. The van der Waals surface area contributed by atoms with Gasteiger partial charge in [0.25, 0.3) is 0 Å². The highest BCUT2D eigenvalue weighted by Gasteiger charge is 2.27. The van der Waals surface area contributed by atoms with Gasteiger partial charge in [0, 0.05) is 24.2 Å². The minimum absolute atomic E-state index is 0.209. The summed E-state index contributed by atoms with van der Waals surface area (Å²) in [5, 5.41) is 2.84. The van der Waals surface area contributed by atoms with Gasteiger partial charge in [0.1, 0.15) is 0 Å². The summed E-state index contributed by atoms with van der Waals surface area (Å²) in [6, 6.07) is 1.64. The van der Waals surface area contributed by atoms with Crippen molar-refractivity contribution in [2.24, 2.45) is 11.7 Å². The number of urea groups is 1. The Kier molecular flexibility index (Phi) is 4.84. The number of primary amides is 1. The smallest absolute Gasteiger partial charge is 0.321 e. The van der Waals surface area contributed by atoms with E-state index in [1.807, 2.05) is 12.3 Å². The van der Waals surface area contributed by atoms with Crippen LogP contribution in [0.3, 0.4) is 0 Å². The largest absolute Gasteiger partial charge is 0.369 e. The number of anilines is 1. The number of pyridine rings is 1. The molecule has 0 bridgehead atoms. The van der Waals surface area contributed by atoms with Crippen molar-refractivity contribution in [3.63, 3.8) is 0 Å². The standard InChI is InChI=1S/C13H18N4O2S/c1-20-11-4-5-15-7-10(11)16-13(19)17-6-2-3-9(8-17)12(14)18/h4-5,7,9H,2-3,6,8H2,1H3,(H2,14,18)(H,16,19)/t9-/m0/s1. The van der Waals surface area contributed by atoms with Crippen LogP contribution in [0.4, 0.5) is 10.5 Å². The monoisotopic (exact) mass is 294 g/mol. The Morgan fingerprint density at radius 3 is 3.05 bits per heavy atom. The van der Waals surface area contributed by atoms with E-state index in [0.29, 0.717) is 18.8 Å². The molecule has 0 aliphatic carbocycles. The van der Waals surface area contributed by atoms with Crippen LogP contribution in [0.1, 0.15) is 12.8 Å². The van der Waals surface area contributed by atoms with Crippen molar-refractivity contribution < 1.29 is 9.59 Å². The molecule has 0 unspecified atom stereocenters. The fraction of sp³-hybridized carbons (Fsp3) is 0.462. The molecular formula is C13H18N4O2S. The second-order valence-electron chi connectivity index (χ2n) is 4.69. The predicted octanol–water partition coefficient (Wildman–Crippen LogP) is 1.53. The third-order valence-corrected chi connectivity index (χ3v) is 4.15. The summed E-state index contributed by atoms with van der Waals surface area (Å²) >= 11 is 1.54. The maximum atomic E-state index is 12.2. The number of nitrogens with one attached hydrogen (secondary N) is 1. The van der Waals surface area contributed by atoms with E-state index in [-0.39, 0.29) is 17.9 Å². The SMILES string of the molecule is CSc1ccncc1NC(=O)N1CCC[C@H](C(N)=O)C1. The Bertz CT molecular complexity index is 509. The first-order chi connectivity index (χ1) is 9.61. The molecular weight excluding hydrogens is 276 g/mol. The van der Waals surface area contributed by atoms with Crippen molar-refractivity contribution >= 4 is 29.4 Å². The highest BCUT2D eigenvalue weighted by Crippen LogP contribution is 2.24. The molecule has 0 spiro atoms. The lowest BCUT2D eigenvalue weighted by molar-refractivity contribution is -0.123. The number of piperidine rings is 1. The van der Waals surface area contributed by atoms with Gasteiger partial charge in [-0.25, -0.2) is 4.79 Å². The van der Waals surface area contributed by atoms with Crippen LogP contribution in [0.5, 0.6) is 0 Å². The van der Waals surface area contributed by atoms with Crippen LogP contribution in [0.15, 0.2) is 23.4 Å². The molecule has 7 heteroatoms. The van der Waals surface area contributed by atoms with Crippen molar-refractivity contribution in [1.82, 2.24) is 9.88 Å². The first kappa shape index (κ1) is 14.6. The molecule has 0 saturated carbocycles. The zero-order valence-electron chi connectivity index (χ0n) is 11.3. The van der Waals surface area contributed by atoms with E-state index in [4.69, 9.17) is 5.73 Å². The molecule has 1 aromatic heterocycles. The van der Waals surface area contributed by atoms with Gasteiger partial charge in [0.2, 0.25) is 5.91 Å². The molecule has 2 heterocycles. The predicted molar refractivity (Wildman–Crippen MR) is 78.5 cm³/mol. The van der Waals surface area contributed by atoms with Crippen LogP contribution in [-0.4, -0.2) is 41.2 Å². The van der Waals surface area contributed by atoms with Crippen LogP contribution in [-0.2, 0) is 4.79 Å². The fourth-order valence-corrected chi connectivity index (χ4v) is 2.76. The van der Waals surface area contributed by atoms with Crippen LogP contribution in [0.2, 0.25) is 0 Å². The summed E-state index contributed by atoms with van der Waals surface area (Å²) in [7, 11) is 0. The molecule has 108 valence electrons. The normalized spacial score (nSPS) is 18.6. The molecule has 1 aliphatic rings. The average molecular weight is 294 g/mol. The van der Waals surface area contributed by atoms with Gasteiger partial charge < -0.3 is 16.0 Å². The third-order valence-electron chi connectivity index (χ3n) is 3.35. The number of likely N-dealkylation sites (tertiary alicyclic amines) is 1. The van der Waals surface area contributed by atoms with Crippen LogP contribution < -0.4 is 11.1 Å². The first-order valence-electron chi connectivity index (χ1n) is 6.45. The Labute approximate surface area is 122 Å². The average Bonchev–Trinajstić information content (AvgIpc) is 2.48. The summed E-state index contributed by atoms with van der Waals surface area (Å²) in [6.07, 6.45) is 6.80. The number of hydrogen-bond acceptors (Lipinski definition) is 4. The summed E-state index contributed by atoms with van der Waals surface area (Å²) < 4.78 is 0. The van der Waals surface area contributed by atoms with Crippen molar-refractivity contribution in [2.75, 3.05) is 24.7 Å². The Morgan fingerprint density at radius 1 is 1.55 bits per heavy atom. The Balaban J connectivity index is 2.02. The van der Waals surface area contributed by atoms with Gasteiger partial charge in [0.05, 0.1) is 17.8 Å². The second-order valence-corrected chi connectivity index (χ2v) is 5.54. The Morgan fingerprint density at radius 2 is 2.35 bits per heavy atom. The van der Waals surface area contributed by atoms with E-state index < -0.39 is 0 Å². The van der Waals surface area contributed by atoms with Crippen molar-refractivity contribution in [2.45, 2.75) is 17.7 Å². The highest BCUT2D eigenvalue weighted by molar-refractivity contribution is 7.98. The first-order valence-corrected chi connectivity index (χ1v) is 7.67. The summed E-state index contributed by atoms with van der Waals surface area (Å²) in [5.74, 6) is -0.586. The number of nitrogens with zero attached hydrogens (tertiary/aromatic N) is 2. The topological polar surface area (TPSA) is 88.3 Å². The fourth-order valence-electron chi connectivity index (χ4n) is 2.24. The van der Waals surface area contributed by atoms with E-state index in [9.17, 15) is 9.59 Å². The third kappa shape index (κ3) is 3.41. The zero-order valence-corrected chi connectivity index (χ0v) is 12.2. The van der Waals surface area contributed by atoms with Gasteiger partial charge in [-0.3, -0.25) is 9.78 Å². The van der Waals surface area contributed by atoms with Crippen LogP contribution >= 0.6 is 11.8 Å². The van der Waals surface area contributed by atoms with E-state index >= 15 is 0 Å². The number of hydrogen-bond donors (Lipinski definition) is 2. The number of rotatable bonds is 3. The highest BCUT2D eigenvalue weighted by atomic mass is 32.2. The van der Waals surface area contributed by atoms with Gasteiger partial charge in [0.15, 0.2) is 0 Å². The summed E-state index contributed by atoms with van der Waals surface area (Å²) in [6.45, 7) is 1.03. The van der Waals surface area contributed by atoms with E-state index in [1.54, 1.807) is 29.1 Å². The lowest BCUT2D eigenvalue weighted by atomic mass is 9.98. The van der Waals surface area contributed by atoms with E-state index in [0.717, 1.165) is 17.7 Å². The van der Waals surface area contributed by atoms with Gasteiger partial charge in [-0.15, -0.1) is 11.8 Å². The van der Waals surface area contributed by atoms with E-state index in [2.05, 4.69) is 10.3 Å². The van der Waals surface area contributed by atoms with Gasteiger partial charge >= 0.3 is 6.03 Å². The molecule has 1 aliphatic heterocycles. The number of aromatic nitrogens is 1. The molecule has 6 nitrogen and oxygen atoms in total. The number of carbonyl (C=O) groups is 2. The number of nitrogens with two attached hydrogens (primary N) is 1. The van der Waals surface area contributed by atoms with Gasteiger partial charge in [-0.2, -0.15) is 0 Å². The van der Waals surface area contributed by atoms with Crippen molar-refractivity contribution in [1.29, 1.82) is 0 Å². The van der Waals surface area contributed by atoms with E-state index in [1.165, 1.54) is 0 Å². The summed E-state index contributed by atoms with van der Waals surface area (Å²) in [5.41, 5.74) is 6.00. The molecule has 1 fully saturated rings. The number of amides is 3. The second kappa shape index (κ2) is 6.60. The molecule has 0 radical (unpaired) electrons. The minimum atomic E-state index is -0.339. The zero-order chi connectivity index (χ0) is 14.5.